The van der Waals surface area contributed by atoms with Crippen LogP contribution in [0, 0.1) is 6.92 Å². The summed E-state index contributed by atoms with van der Waals surface area (Å²) in [6, 6.07) is 13.9. The first kappa shape index (κ1) is 21.2. The number of benzene rings is 2. The van der Waals surface area contributed by atoms with Crippen LogP contribution in [0.1, 0.15) is 24.3 Å². The van der Waals surface area contributed by atoms with E-state index in [9.17, 15) is 9.59 Å². The summed E-state index contributed by atoms with van der Waals surface area (Å²) >= 11 is 6.20. The molecule has 1 saturated carbocycles. The van der Waals surface area contributed by atoms with Gasteiger partial charge in [-0.1, -0.05) is 23.7 Å². The Labute approximate surface area is 193 Å². The van der Waals surface area contributed by atoms with Gasteiger partial charge in [-0.15, -0.1) is 10.2 Å². The average Bonchev–Trinajstić information content (AvgIpc) is 3.53. The largest absolute Gasteiger partial charge is 0.484 e. The lowest BCUT2D eigenvalue weighted by molar-refractivity contribution is -0.134. The Morgan fingerprint density at radius 2 is 1.97 bits per heavy atom. The quantitative estimate of drug-likeness (QED) is 0.373. The van der Waals surface area contributed by atoms with Crippen molar-refractivity contribution < 1.29 is 18.4 Å². The maximum absolute atomic E-state index is 12.9. The highest BCUT2D eigenvalue weighted by Crippen LogP contribution is 2.30. The van der Waals surface area contributed by atoms with E-state index in [1.165, 1.54) is 6.07 Å². The number of hydrogen-bond acceptors (Lipinski definition) is 7. The molecule has 5 rings (SSSR count). The number of rotatable bonds is 7. The van der Waals surface area contributed by atoms with Crippen molar-refractivity contribution in [2.75, 3.05) is 6.61 Å². The van der Waals surface area contributed by atoms with Gasteiger partial charge < -0.3 is 18.5 Å². The molecule has 0 bridgehead atoms. The minimum atomic E-state index is -0.427. The Morgan fingerprint density at radius 3 is 2.76 bits per heavy atom. The van der Waals surface area contributed by atoms with Crippen molar-refractivity contribution in [3.63, 3.8) is 0 Å². The van der Waals surface area contributed by atoms with Crippen LogP contribution in [0.4, 0.5) is 0 Å². The molecule has 1 aliphatic carbocycles. The summed E-state index contributed by atoms with van der Waals surface area (Å²) in [6.07, 6.45) is 1.83. The zero-order chi connectivity index (χ0) is 22.9. The summed E-state index contributed by atoms with van der Waals surface area (Å²) in [5.41, 5.74) is 1.45. The average molecular weight is 466 g/mol. The van der Waals surface area contributed by atoms with Crippen molar-refractivity contribution in [3.05, 3.63) is 75.4 Å². The second-order valence-corrected chi connectivity index (χ2v) is 8.34. The molecule has 0 atom stereocenters. The number of aryl methyl sites for hydroxylation is 1. The molecule has 0 N–H and O–H groups in total. The highest BCUT2D eigenvalue weighted by molar-refractivity contribution is 6.33. The number of nitrogens with zero attached hydrogens (tertiary/aromatic N) is 3. The molecular weight excluding hydrogens is 446 g/mol. The third-order valence-corrected chi connectivity index (χ3v) is 5.80. The molecule has 0 unspecified atom stereocenters. The summed E-state index contributed by atoms with van der Waals surface area (Å²) in [7, 11) is 0. The van der Waals surface area contributed by atoms with Gasteiger partial charge >= 0.3 is 5.63 Å². The van der Waals surface area contributed by atoms with E-state index in [1.807, 2.05) is 19.1 Å². The molecule has 1 fully saturated rings. The van der Waals surface area contributed by atoms with E-state index in [-0.39, 0.29) is 25.1 Å². The second-order valence-electron chi connectivity index (χ2n) is 7.93. The van der Waals surface area contributed by atoms with Crippen molar-refractivity contribution in [1.29, 1.82) is 0 Å². The molecule has 2 aromatic heterocycles. The molecular formula is C24H20ClN3O5. The van der Waals surface area contributed by atoms with E-state index < -0.39 is 5.63 Å². The molecule has 4 aromatic rings. The molecule has 0 radical (unpaired) electrons. The molecule has 2 heterocycles. The van der Waals surface area contributed by atoms with Crippen LogP contribution in [0.3, 0.4) is 0 Å². The van der Waals surface area contributed by atoms with Gasteiger partial charge in [0, 0.05) is 23.6 Å². The van der Waals surface area contributed by atoms with E-state index in [2.05, 4.69) is 10.2 Å². The standard InChI is InChI=1S/C24H20ClN3O5/c1-14-10-23(30)32-20-11-16(8-9-17(14)20)31-13-22(29)28(15-6-7-15)12-21-26-27-24(33-21)18-4-2-3-5-19(18)25/h2-5,8-11,15H,6-7,12-13H2,1H3. The Kier molecular flexibility index (Phi) is 5.60. The van der Waals surface area contributed by atoms with Gasteiger partial charge in [0.2, 0.25) is 11.8 Å². The van der Waals surface area contributed by atoms with Gasteiger partial charge in [-0.2, -0.15) is 0 Å². The van der Waals surface area contributed by atoms with Crippen molar-refractivity contribution in [3.8, 4) is 17.2 Å². The topological polar surface area (TPSA) is 98.7 Å². The highest BCUT2D eigenvalue weighted by atomic mass is 35.5. The third kappa shape index (κ3) is 4.61. The first-order valence-electron chi connectivity index (χ1n) is 10.5. The fourth-order valence-corrected chi connectivity index (χ4v) is 3.85. The molecule has 8 nitrogen and oxygen atoms in total. The Balaban J connectivity index is 1.28. The number of aromatic nitrogens is 2. The summed E-state index contributed by atoms with van der Waals surface area (Å²) in [5, 5.41) is 9.48. The number of hydrogen-bond donors (Lipinski definition) is 0. The molecule has 33 heavy (non-hydrogen) atoms. The lowest BCUT2D eigenvalue weighted by Crippen LogP contribution is -2.36. The van der Waals surface area contributed by atoms with E-state index in [0.717, 1.165) is 23.8 Å². The minimum absolute atomic E-state index is 0.119. The summed E-state index contributed by atoms with van der Waals surface area (Å²) in [4.78, 5) is 26.3. The van der Waals surface area contributed by atoms with Gasteiger partial charge in [0.1, 0.15) is 11.3 Å². The van der Waals surface area contributed by atoms with Crippen LogP contribution in [0.25, 0.3) is 22.4 Å². The molecule has 0 spiro atoms. The Hall–Kier alpha value is -3.65. The third-order valence-electron chi connectivity index (χ3n) is 5.47. The highest BCUT2D eigenvalue weighted by Gasteiger charge is 2.34. The SMILES string of the molecule is Cc1cc(=O)oc2cc(OCC(=O)N(Cc3nnc(-c4ccccc4Cl)o3)C3CC3)ccc12. The maximum atomic E-state index is 12.9. The van der Waals surface area contributed by atoms with Crippen LogP contribution in [-0.4, -0.2) is 33.7 Å². The van der Waals surface area contributed by atoms with Gasteiger partial charge in [0.15, 0.2) is 6.61 Å². The lowest BCUT2D eigenvalue weighted by atomic mass is 10.1. The monoisotopic (exact) mass is 465 g/mol. The van der Waals surface area contributed by atoms with Gasteiger partial charge in [0.05, 0.1) is 17.1 Å². The predicted octanol–water partition coefficient (Wildman–Crippen LogP) is 4.37. The summed E-state index contributed by atoms with van der Waals surface area (Å²) < 4.78 is 16.7. The molecule has 168 valence electrons. The van der Waals surface area contributed by atoms with E-state index >= 15 is 0 Å². The Bertz CT molecular complexity index is 1390. The zero-order valence-corrected chi connectivity index (χ0v) is 18.5. The van der Waals surface area contributed by atoms with Gasteiger partial charge in [-0.05, 0) is 49.6 Å². The molecule has 1 aliphatic rings. The number of carbonyl (C=O) groups excluding carboxylic acids is 1. The van der Waals surface area contributed by atoms with Crippen molar-refractivity contribution in [2.24, 2.45) is 0 Å². The zero-order valence-electron chi connectivity index (χ0n) is 17.8. The van der Waals surface area contributed by atoms with E-state index in [0.29, 0.717) is 33.7 Å². The molecule has 2 aromatic carbocycles. The smallest absolute Gasteiger partial charge is 0.336 e. The van der Waals surface area contributed by atoms with Crippen molar-refractivity contribution in [2.45, 2.75) is 32.4 Å². The molecule has 9 heteroatoms. The summed E-state index contributed by atoms with van der Waals surface area (Å²) in [6.45, 7) is 1.87. The van der Waals surface area contributed by atoms with E-state index in [1.54, 1.807) is 35.2 Å². The fraction of sp³-hybridized carbons (Fsp3) is 0.250. The van der Waals surface area contributed by atoms with Crippen LogP contribution in [-0.2, 0) is 11.3 Å². The first-order valence-corrected chi connectivity index (χ1v) is 10.9. The number of amides is 1. The van der Waals surface area contributed by atoms with Gasteiger partial charge in [0.25, 0.3) is 5.91 Å². The molecule has 0 saturated heterocycles. The lowest BCUT2D eigenvalue weighted by Gasteiger charge is -2.20. The van der Waals surface area contributed by atoms with Crippen molar-refractivity contribution >= 4 is 28.5 Å². The normalized spacial score (nSPS) is 13.3. The van der Waals surface area contributed by atoms with Gasteiger partial charge in [-0.3, -0.25) is 4.79 Å². The molecule has 1 amide bonds. The number of ether oxygens (including phenoxy) is 1. The van der Waals surface area contributed by atoms with Crippen LogP contribution >= 0.6 is 11.6 Å². The van der Waals surface area contributed by atoms with Crippen LogP contribution in [0.2, 0.25) is 5.02 Å². The number of halogens is 1. The first-order chi connectivity index (χ1) is 16.0. The van der Waals surface area contributed by atoms with E-state index in [4.69, 9.17) is 25.2 Å². The fourth-order valence-electron chi connectivity index (χ4n) is 3.64. The number of fused-ring (bicyclic) bond motifs is 1. The predicted molar refractivity (Wildman–Crippen MR) is 121 cm³/mol. The van der Waals surface area contributed by atoms with Crippen LogP contribution in [0.15, 0.2) is 62.2 Å². The summed E-state index contributed by atoms with van der Waals surface area (Å²) in [5.74, 6) is 0.885. The Morgan fingerprint density at radius 1 is 1.15 bits per heavy atom. The maximum Gasteiger partial charge on any atom is 0.336 e. The van der Waals surface area contributed by atoms with Crippen molar-refractivity contribution in [1.82, 2.24) is 15.1 Å². The minimum Gasteiger partial charge on any atom is -0.484 e. The van der Waals surface area contributed by atoms with Crippen LogP contribution < -0.4 is 10.4 Å². The van der Waals surface area contributed by atoms with Crippen LogP contribution in [0.5, 0.6) is 5.75 Å². The molecule has 0 aliphatic heterocycles. The number of carbonyl (C=O) groups is 1. The van der Waals surface area contributed by atoms with Gasteiger partial charge in [-0.25, -0.2) is 4.79 Å². The second kappa shape index (κ2) is 8.71.